The maximum Gasteiger partial charge on any atom is 0.319 e. The van der Waals surface area contributed by atoms with Gasteiger partial charge in [-0.05, 0) is 75.1 Å². The summed E-state index contributed by atoms with van der Waals surface area (Å²) >= 11 is 0. The molecule has 1 aliphatic carbocycles. The summed E-state index contributed by atoms with van der Waals surface area (Å²) in [6, 6.07) is 14.7. The quantitative estimate of drug-likeness (QED) is 0.619. The number of amides is 4. The molecule has 0 aromatic heterocycles. The number of carbonyl (C=O) groups excluding carboxylic acids is 3. The summed E-state index contributed by atoms with van der Waals surface area (Å²) in [5.74, 6) is -0.224. The Kier molecular flexibility index (Phi) is 7.92. The molecule has 4 amide bonds. The van der Waals surface area contributed by atoms with Crippen LogP contribution >= 0.6 is 0 Å². The van der Waals surface area contributed by atoms with E-state index in [0.717, 1.165) is 43.8 Å². The zero-order valence-electron chi connectivity index (χ0n) is 20.4. The molecule has 1 aliphatic heterocycles. The topological polar surface area (TPSA) is 94.1 Å². The van der Waals surface area contributed by atoms with Crippen molar-refractivity contribution in [1.82, 2.24) is 15.1 Å². The molecule has 2 aliphatic rings. The van der Waals surface area contributed by atoms with E-state index < -0.39 is 0 Å². The maximum atomic E-state index is 13.0. The first kappa shape index (κ1) is 24.6. The lowest BCUT2D eigenvalue weighted by Crippen LogP contribution is -2.48. The van der Waals surface area contributed by atoms with Crippen molar-refractivity contribution in [1.29, 1.82) is 0 Å². The number of benzene rings is 2. The Morgan fingerprint density at radius 3 is 2.29 bits per heavy atom. The molecule has 0 spiro atoms. The van der Waals surface area contributed by atoms with Crippen molar-refractivity contribution in [2.24, 2.45) is 4.99 Å². The molecule has 0 bridgehead atoms. The van der Waals surface area contributed by atoms with E-state index in [0.29, 0.717) is 29.9 Å². The molecule has 8 nitrogen and oxygen atoms in total. The van der Waals surface area contributed by atoms with E-state index in [1.54, 1.807) is 30.3 Å². The Balaban J connectivity index is 1.26. The predicted molar refractivity (Wildman–Crippen MR) is 137 cm³/mol. The predicted octanol–water partition coefficient (Wildman–Crippen LogP) is 3.94. The average Bonchev–Trinajstić information content (AvgIpc) is 2.82. The highest BCUT2D eigenvalue weighted by Gasteiger charge is 2.23. The average molecular weight is 476 g/mol. The second-order valence-electron chi connectivity index (χ2n) is 9.44. The molecule has 0 unspecified atom stereocenters. The van der Waals surface area contributed by atoms with Crippen molar-refractivity contribution in [3.8, 4) is 0 Å². The Morgan fingerprint density at radius 2 is 1.66 bits per heavy atom. The standard InChI is InChI=1S/C27H33N5O3/c1-19(2)28-25(33)22-6-3-5-20(17-22)18-31-13-15-32(16-14-31)26(34)21-9-11-24(12-10-21)30-27(35)29-23-7-4-8-23/h3,5-6,9-12,17,23H,4,7-8,13-16,18H2,1-2H3,(H2,29,30,35). The van der Waals surface area contributed by atoms with Gasteiger partial charge in [-0.3, -0.25) is 14.5 Å². The number of nitrogens with zero attached hydrogens (tertiary/aromatic N) is 3. The fourth-order valence-corrected chi connectivity index (χ4v) is 4.22. The number of anilines is 1. The minimum Gasteiger partial charge on any atom is -0.336 e. The summed E-state index contributed by atoms with van der Waals surface area (Å²) in [5.41, 5.74) is 3.67. The van der Waals surface area contributed by atoms with E-state index in [1.165, 1.54) is 6.42 Å². The van der Waals surface area contributed by atoms with Gasteiger partial charge in [0.15, 0.2) is 0 Å². The van der Waals surface area contributed by atoms with E-state index in [2.05, 4.69) is 20.5 Å². The molecule has 1 heterocycles. The van der Waals surface area contributed by atoms with Crippen molar-refractivity contribution in [3.05, 3.63) is 65.2 Å². The van der Waals surface area contributed by atoms with Gasteiger partial charge in [-0.15, -0.1) is 0 Å². The summed E-state index contributed by atoms with van der Waals surface area (Å²) in [4.78, 5) is 45.4. The van der Waals surface area contributed by atoms with Crippen LogP contribution < -0.4 is 10.6 Å². The molecule has 1 saturated heterocycles. The van der Waals surface area contributed by atoms with E-state index in [1.807, 2.05) is 36.9 Å². The normalized spacial score (nSPS) is 16.2. The third kappa shape index (κ3) is 6.76. The third-order valence-electron chi connectivity index (χ3n) is 6.39. The Bertz CT molecular complexity index is 1100. The Hall–Kier alpha value is -3.52. The van der Waals surface area contributed by atoms with Crippen LogP contribution in [0.25, 0.3) is 0 Å². The molecule has 2 fully saturated rings. The molecule has 184 valence electrons. The van der Waals surface area contributed by atoms with Gasteiger partial charge in [-0.25, -0.2) is 9.79 Å². The van der Waals surface area contributed by atoms with E-state index in [-0.39, 0.29) is 23.9 Å². The van der Waals surface area contributed by atoms with Crippen LogP contribution in [0.15, 0.2) is 53.5 Å². The van der Waals surface area contributed by atoms with E-state index in [9.17, 15) is 14.4 Å². The molecular weight excluding hydrogens is 442 g/mol. The van der Waals surface area contributed by atoms with Gasteiger partial charge in [0.25, 0.3) is 11.8 Å². The SMILES string of the molecule is CC(C)=NC(=O)c1cccc(CN2CCN(C(=O)c3ccc(NC(=O)NC4CCC4)cc3)CC2)c1. The molecule has 2 N–H and O–H groups in total. The lowest BCUT2D eigenvalue weighted by atomic mass is 9.93. The van der Waals surface area contributed by atoms with Crippen molar-refractivity contribution < 1.29 is 14.4 Å². The monoisotopic (exact) mass is 475 g/mol. The lowest BCUT2D eigenvalue weighted by molar-refractivity contribution is 0.0628. The number of hydrogen-bond donors (Lipinski definition) is 2. The minimum atomic E-state index is -0.220. The number of carbonyl (C=O) groups is 3. The second-order valence-corrected chi connectivity index (χ2v) is 9.44. The molecule has 2 aromatic rings. The summed E-state index contributed by atoms with van der Waals surface area (Å²) in [5, 5.41) is 5.76. The highest BCUT2D eigenvalue weighted by atomic mass is 16.2. The van der Waals surface area contributed by atoms with Gasteiger partial charge in [0.2, 0.25) is 0 Å². The van der Waals surface area contributed by atoms with E-state index in [4.69, 9.17) is 0 Å². The maximum absolute atomic E-state index is 13.0. The zero-order chi connectivity index (χ0) is 24.8. The Morgan fingerprint density at radius 1 is 0.943 bits per heavy atom. The van der Waals surface area contributed by atoms with Crippen molar-refractivity contribution >= 4 is 29.2 Å². The van der Waals surface area contributed by atoms with E-state index >= 15 is 0 Å². The van der Waals surface area contributed by atoms with Crippen molar-refractivity contribution in [2.45, 2.75) is 45.7 Å². The van der Waals surface area contributed by atoms with Gasteiger partial charge < -0.3 is 15.5 Å². The third-order valence-corrected chi connectivity index (χ3v) is 6.39. The second kappa shape index (κ2) is 11.3. The van der Waals surface area contributed by atoms with Gasteiger partial charge >= 0.3 is 6.03 Å². The van der Waals surface area contributed by atoms with Gasteiger partial charge in [0.1, 0.15) is 0 Å². The van der Waals surface area contributed by atoms with Crippen LogP contribution in [0.1, 0.15) is 59.4 Å². The van der Waals surface area contributed by atoms with Crippen LogP contribution in [0.4, 0.5) is 10.5 Å². The first-order valence-electron chi connectivity index (χ1n) is 12.2. The van der Waals surface area contributed by atoms with Crippen LogP contribution in [0.3, 0.4) is 0 Å². The van der Waals surface area contributed by atoms with Crippen LogP contribution in [0.2, 0.25) is 0 Å². The molecule has 4 rings (SSSR count). The number of nitrogens with one attached hydrogen (secondary N) is 2. The summed E-state index contributed by atoms with van der Waals surface area (Å²) in [6.07, 6.45) is 3.24. The first-order chi connectivity index (χ1) is 16.9. The molecule has 1 saturated carbocycles. The van der Waals surface area contributed by atoms with Gasteiger partial charge in [0.05, 0.1) is 0 Å². The van der Waals surface area contributed by atoms with Gasteiger partial charge in [0, 0.05) is 61.3 Å². The molecule has 2 aromatic carbocycles. The molecule has 0 radical (unpaired) electrons. The summed E-state index contributed by atoms with van der Waals surface area (Å²) in [6.45, 7) is 7.14. The van der Waals surface area contributed by atoms with Crippen LogP contribution in [-0.4, -0.2) is 65.6 Å². The molecule has 35 heavy (non-hydrogen) atoms. The zero-order valence-corrected chi connectivity index (χ0v) is 20.4. The number of urea groups is 1. The molecule has 0 atom stereocenters. The summed E-state index contributed by atoms with van der Waals surface area (Å²) in [7, 11) is 0. The van der Waals surface area contributed by atoms with Crippen LogP contribution in [0.5, 0.6) is 0 Å². The molecule has 8 heteroatoms. The smallest absolute Gasteiger partial charge is 0.319 e. The van der Waals surface area contributed by atoms with Crippen molar-refractivity contribution in [2.75, 3.05) is 31.5 Å². The fraction of sp³-hybridized carbons (Fsp3) is 0.407. The highest BCUT2D eigenvalue weighted by molar-refractivity contribution is 6.02. The first-order valence-corrected chi connectivity index (χ1v) is 12.2. The number of hydrogen-bond acceptors (Lipinski definition) is 4. The number of aliphatic imine (C=N–C) groups is 1. The fourth-order valence-electron chi connectivity index (χ4n) is 4.22. The van der Waals surface area contributed by atoms with Gasteiger partial charge in [-0.2, -0.15) is 0 Å². The molecular formula is C27H33N5O3. The van der Waals surface area contributed by atoms with Gasteiger partial charge in [-0.1, -0.05) is 12.1 Å². The van der Waals surface area contributed by atoms with Crippen molar-refractivity contribution in [3.63, 3.8) is 0 Å². The summed E-state index contributed by atoms with van der Waals surface area (Å²) < 4.78 is 0. The Labute approximate surface area is 206 Å². The number of piperazine rings is 1. The minimum absolute atomic E-state index is 0.00416. The largest absolute Gasteiger partial charge is 0.336 e. The lowest BCUT2D eigenvalue weighted by Gasteiger charge is -2.34. The van der Waals surface area contributed by atoms with Crippen LogP contribution in [0, 0.1) is 0 Å². The highest BCUT2D eigenvalue weighted by Crippen LogP contribution is 2.19. The number of rotatable bonds is 6. The van der Waals surface area contributed by atoms with Crippen LogP contribution in [-0.2, 0) is 6.54 Å².